The average molecular weight is 217 g/mol. The van der Waals surface area contributed by atoms with Crippen LogP contribution in [0.2, 0.25) is 0 Å². The Balaban J connectivity index is 5.00. The molecule has 5 nitrogen and oxygen atoms in total. The number of rotatable bonds is 4. The number of ether oxygens (including phenoxy) is 1. The molecule has 0 rings (SSSR count). The normalized spacial score (nSPS) is 16.7. The van der Waals surface area contributed by atoms with Gasteiger partial charge in [0.15, 0.2) is 5.54 Å². The summed E-state index contributed by atoms with van der Waals surface area (Å²) in [7, 11) is 1.22. The highest BCUT2D eigenvalue weighted by molar-refractivity contribution is 5.87. The zero-order valence-corrected chi connectivity index (χ0v) is 9.83. The van der Waals surface area contributed by atoms with Crippen LogP contribution in [0.4, 0.5) is 0 Å². The van der Waals surface area contributed by atoms with Crippen molar-refractivity contribution in [2.75, 3.05) is 7.11 Å². The molecule has 88 valence electrons. The van der Waals surface area contributed by atoms with Crippen molar-refractivity contribution in [2.45, 2.75) is 39.3 Å². The van der Waals surface area contributed by atoms with Gasteiger partial charge in [-0.3, -0.25) is 4.79 Å². The number of carbonyl (C=O) groups is 2. The molecule has 0 aliphatic heterocycles. The van der Waals surface area contributed by atoms with Crippen molar-refractivity contribution in [3.05, 3.63) is 0 Å². The van der Waals surface area contributed by atoms with Crippen LogP contribution < -0.4 is 5.32 Å². The summed E-state index contributed by atoms with van der Waals surface area (Å²) in [5.41, 5.74) is -1.39. The minimum atomic E-state index is -1.39. The molecule has 0 spiro atoms. The minimum Gasteiger partial charge on any atom is -0.467 e. The first-order chi connectivity index (χ1) is 6.75. The molecular formula is C10H19NO4. The third-order valence-corrected chi connectivity index (χ3v) is 2.27. The summed E-state index contributed by atoms with van der Waals surface area (Å²) in [5.74, 6) is -1.21. The molecule has 0 aromatic rings. The fourth-order valence-electron chi connectivity index (χ4n) is 1.49. The molecule has 15 heavy (non-hydrogen) atoms. The lowest BCUT2D eigenvalue weighted by molar-refractivity contribution is -0.156. The Hall–Kier alpha value is -1.10. The number of nitrogens with one attached hydrogen (secondary N) is 1. The summed E-state index contributed by atoms with van der Waals surface area (Å²) >= 11 is 0. The Kier molecular flexibility index (Phi) is 4.74. The van der Waals surface area contributed by atoms with Crippen LogP contribution in [0.1, 0.15) is 27.7 Å². The van der Waals surface area contributed by atoms with Crippen LogP contribution in [0, 0.1) is 5.92 Å². The molecule has 2 N–H and O–H groups in total. The molecule has 0 saturated heterocycles. The first-order valence-electron chi connectivity index (χ1n) is 4.81. The topological polar surface area (TPSA) is 75.6 Å². The molecule has 0 heterocycles. The van der Waals surface area contributed by atoms with Crippen molar-refractivity contribution < 1.29 is 19.4 Å². The highest BCUT2D eigenvalue weighted by atomic mass is 16.5. The lowest BCUT2D eigenvalue weighted by Gasteiger charge is -2.34. The summed E-state index contributed by atoms with van der Waals surface area (Å²) in [5, 5.41) is 12.3. The van der Waals surface area contributed by atoms with Crippen LogP contribution in [0.5, 0.6) is 0 Å². The second kappa shape index (κ2) is 5.11. The fraction of sp³-hybridized carbons (Fsp3) is 0.800. The quantitative estimate of drug-likeness (QED) is 0.653. The zero-order valence-electron chi connectivity index (χ0n) is 9.83. The average Bonchev–Trinajstić information content (AvgIpc) is 2.13. The number of carbonyl (C=O) groups excluding carboxylic acids is 2. The SMILES string of the molecule is COC(=O)[C@@](C)(NC(C)=O)[C@@H](O)C(C)C. The van der Waals surface area contributed by atoms with E-state index in [1.165, 1.54) is 21.0 Å². The Morgan fingerprint density at radius 2 is 1.87 bits per heavy atom. The van der Waals surface area contributed by atoms with Crippen molar-refractivity contribution in [3.63, 3.8) is 0 Å². The van der Waals surface area contributed by atoms with Crippen molar-refractivity contribution in [1.29, 1.82) is 0 Å². The monoisotopic (exact) mass is 217 g/mol. The molecule has 0 bridgehead atoms. The number of esters is 1. The van der Waals surface area contributed by atoms with Crippen LogP contribution in [0.25, 0.3) is 0 Å². The van der Waals surface area contributed by atoms with Gasteiger partial charge in [-0.1, -0.05) is 13.8 Å². The van der Waals surface area contributed by atoms with Gasteiger partial charge in [0.05, 0.1) is 13.2 Å². The molecule has 0 saturated carbocycles. The second-order valence-corrected chi connectivity index (χ2v) is 4.06. The van der Waals surface area contributed by atoms with E-state index in [2.05, 4.69) is 10.1 Å². The zero-order chi connectivity index (χ0) is 12.2. The molecule has 0 aliphatic rings. The van der Waals surface area contributed by atoms with E-state index in [4.69, 9.17) is 0 Å². The van der Waals surface area contributed by atoms with E-state index >= 15 is 0 Å². The van der Waals surface area contributed by atoms with Gasteiger partial charge in [-0.2, -0.15) is 0 Å². The second-order valence-electron chi connectivity index (χ2n) is 4.06. The van der Waals surface area contributed by atoms with Gasteiger partial charge >= 0.3 is 5.97 Å². The maximum Gasteiger partial charge on any atom is 0.334 e. The number of aliphatic hydroxyl groups excluding tert-OH is 1. The number of methoxy groups -OCH3 is 1. The first-order valence-corrected chi connectivity index (χ1v) is 4.81. The van der Waals surface area contributed by atoms with Gasteiger partial charge in [-0.25, -0.2) is 4.79 Å². The summed E-state index contributed by atoms with van der Waals surface area (Å²) in [6.07, 6.45) is -0.992. The van der Waals surface area contributed by atoms with E-state index in [1.54, 1.807) is 13.8 Å². The molecule has 0 radical (unpaired) electrons. The van der Waals surface area contributed by atoms with Crippen LogP contribution in [0.15, 0.2) is 0 Å². The van der Waals surface area contributed by atoms with Crippen LogP contribution in [-0.2, 0) is 14.3 Å². The lowest BCUT2D eigenvalue weighted by atomic mass is 9.87. The van der Waals surface area contributed by atoms with E-state index in [-0.39, 0.29) is 11.8 Å². The molecule has 2 atom stereocenters. The highest BCUT2D eigenvalue weighted by Gasteiger charge is 2.43. The smallest absolute Gasteiger partial charge is 0.334 e. The first kappa shape index (κ1) is 13.9. The Bertz CT molecular complexity index is 252. The molecule has 0 aromatic carbocycles. The summed E-state index contributed by atoms with van der Waals surface area (Å²) in [4.78, 5) is 22.5. The van der Waals surface area contributed by atoms with Crippen molar-refractivity contribution in [3.8, 4) is 0 Å². The van der Waals surface area contributed by atoms with Gasteiger partial charge in [0, 0.05) is 6.92 Å². The van der Waals surface area contributed by atoms with Gasteiger partial charge in [0.25, 0.3) is 0 Å². The molecule has 0 unspecified atom stereocenters. The highest BCUT2D eigenvalue weighted by Crippen LogP contribution is 2.19. The van der Waals surface area contributed by atoms with Gasteiger partial charge in [-0.15, -0.1) is 0 Å². The van der Waals surface area contributed by atoms with Gasteiger partial charge in [-0.05, 0) is 12.8 Å². The number of aliphatic hydroxyl groups is 1. The predicted octanol–water partition coefficient (Wildman–Crippen LogP) is 0.0711. The van der Waals surface area contributed by atoms with Gasteiger partial charge in [0.2, 0.25) is 5.91 Å². The summed E-state index contributed by atoms with van der Waals surface area (Å²) < 4.78 is 4.57. The summed E-state index contributed by atoms with van der Waals surface area (Å²) in [6.45, 7) is 6.25. The number of hydrogen-bond donors (Lipinski definition) is 2. The Morgan fingerprint density at radius 3 is 2.13 bits per heavy atom. The standard InChI is InChI=1S/C10H19NO4/c1-6(2)8(13)10(4,9(14)15-5)11-7(3)12/h6,8,13H,1-5H3,(H,11,12)/t8-,10-/m0/s1. The van der Waals surface area contributed by atoms with E-state index in [1.807, 2.05) is 0 Å². The van der Waals surface area contributed by atoms with E-state index in [9.17, 15) is 14.7 Å². The van der Waals surface area contributed by atoms with Crippen molar-refractivity contribution in [1.82, 2.24) is 5.32 Å². The summed E-state index contributed by atoms with van der Waals surface area (Å²) in [6, 6.07) is 0. The molecule has 1 amide bonds. The van der Waals surface area contributed by atoms with Crippen LogP contribution in [0.3, 0.4) is 0 Å². The largest absolute Gasteiger partial charge is 0.467 e. The molecule has 0 aromatic heterocycles. The van der Waals surface area contributed by atoms with Gasteiger partial charge < -0.3 is 15.2 Å². The minimum absolute atomic E-state index is 0.166. The van der Waals surface area contributed by atoms with Crippen LogP contribution >= 0.6 is 0 Å². The molecule has 0 fully saturated rings. The van der Waals surface area contributed by atoms with Gasteiger partial charge in [0.1, 0.15) is 0 Å². The third kappa shape index (κ3) is 3.20. The third-order valence-electron chi connectivity index (χ3n) is 2.27. The molecule has 0 aliphatic carbocycles. The fourth-order valence-corrected chi connectivity index (χ4v) is 1.49. The molecular weight excluding hydrogens is 198 g/mol. The van der Waals surface area contributed by atoms with E-state index in [0.717, 1.165) is 0 Å². The van der Waals surface area contributed by atoms with Crippen LogP contribution in [-0.4, -0.2) is 35.7 Å². The molecule has 5 heteroatoms. The number of amides is 1. The Morgan fingerprint density at radius 1 is 1.40 bits per heavy atom. The van der Waals surface area contributed by atoms with E-state index < -0.39 is 17.6 Å². The lowest BCUT2D eigenvalue weighted by Crippen LogP contribution is -2.61. The Labute approximate surface area is 89.8 Å². The maximum atomic E-state index is 11.5. The van der Waals surface area contributed by atoms with Crippen molar-refractivity contribution in [2.24, 2.45) is 5.92 Å². The predicted molar refractivity (Wildman–Crippen MR) is 55.1 cm³/mol. The van der Waals surface area contributed by atoms with Crippen molar-refractivity contribution >= 4 is 11.9 Å². The maximum absolute atomic E-state index is 11.5. The van der Waals surface area contributed by atoms with E-state index in [0.29, 0.717) is 0 Å². The number of hydrogen-bond acceptors (Lipinski definition) is 4.